The number of imide groups is 1. The van der Waals surface area contributed by atoms with Gasteiger partial charge in [0.15, 0.2) is 0 Å². The molecule has 5 N–H and O–H groups in total. The number of carbonyl (C=O) groups is 4. The van der Waals surface area contributed by atoms with Crippen molar-refractivity contribution in [3.63, 3.8) is 0 Å². The Bertz CT molecular complexity index is 1140. The molecule has 0 saturated heterocycles. The lowest BCUT2D eigenvalue weighted by molar-refractivity contribution is -0.141. The zero-order valence-electron chi connectivity index (χ0n) is 21.7. The van der Waals surface area contributed by atoms with Crippen molar-refractivity contribution in [2.75, 3.05) is 0 Å². The number of aromatic amines is 1. The standard InChI is InChI=1S/C26H35N4O7/c1-15(2)10-21(24(35)30(17(14-31)12-22(32)33)25(36)37-26(3,4)5)29-23(34)19(27)11-16-13-28-20-9-7-6-8-18(16)20/h6-9,13,15,17,19,21,28H,10-12,27H2,1-5H3,(H,29,34)(H,32,33)/t17-,19-,21-/m0/s1. The summed E-state index contributed by atoms with van der Waals surface area (Å²) in [5.41, 5.74) is 6.84. The van der Waals surface area contributed by atoms with Crippen LogP contribution in [0.3, 0.4) is 0 Å². The molecule has 3 atom stereocenters. The van der Waals surface area contributed by atoms with Gasteiger partial charge in [0, 0.05) is 17.1 Å². The Morgan fingerprint density at radius 2 is 1.84 bits per heavy atom. The van der Waals surface area contributed by atoms with Crippen molar-refractivity contribution in [2.45, 2.75) is 77.6 Å². The molecule has 1 radical (unpaired) electrons. The SMILES string of the molecule is CC(C)C[C@H](NC(=O)[C@@H](N)Cc1c[nH]c2ccccc12)C(=O)N(C(=O)OC(C)(C)C)[C@H]([C]=O)CC(=O)O. The van der Waals surface area contributed by atoms with Gasteiger partial charge < -0.3 is 25.9 Å². The van der Waals surface area contributed by atoms with E-state index in [9.17, 15) is 29.1 Å². The molecule has 1 aromatic heterocycles. The number of carbonyl (C=O) groups excluding carboxylic acids is 4. The Hall–Kier alpha value is -3.73. The number of nitrogens with two attached hydrogens (primary N) is 1. The van der Waals surface area contributed by atoms with E-state index in [0.717, 1.165) is 16.5 Å². The van der Waals surface area contributed by atoms with Gasteiger partial charge in [-0.3, -0.25) is 19.2 Å². The van der Waals surface area contributed by atoms with E-state index in [1.807, 2.05) is 24.3 Å². The van der Waals surface area contributed by atoms with Crippen LogP contribution in [-0.2, 0) is 30.3 Å². The Morgan fingerprint density at radius 1 is 1.19 bits per heavy atom. The van der Waals surface area contributed by atoms with Crippen LogP contribution in [0.15, 0.2) is 30.5 Å². The molecule has 1 heterocycles. The summed E-state index contributed by atoms with van der Waals surface area (Å²) in [6.45, 7) is 8.28. The molecule has 2 rings (SSSR count). The number of para-hydroxylation sites is 1. The molecule has 0 saturated carbocycles. The minimum atomic E-state index is -1.74. The van der Waals surface area contributed by atoms with Gasteiger partial charge >= 0.3 is 12.1 Å². The highest BCUT2D eigenvalue weighted by molar-refractivity contribution is 6.00. The number of H-pyrrole nitrogens is 1. The lowest BCUT2D eigenvalue weighted by Crippen LogP contribution is -2.58. The zero-order chi connectivity index (χ0) is 27.9. The molecule has 0 fully saturated rings. The van der Waals surface area contributed by atoms with Crippen molar-refractivity contribution in [1.29, 1.82) is 0 Å². The van der Waals surface area contributed by atoms with E-state index >= 15 is 0 Å². The molecule has 3 amide bonds. The van der Waals surface area contributed by atoms with Crippen molar-refractivity contribution in [3.05, 3.63) is 36.0 Å². The van der Waals surface area contributed by atoms with Gasteiger partial charge in [0.25, 0.3) is 5.91 Å². The fourth-order valence-electron chi connectivity index (χ4n) is 3.80. The number of benzene rings is 1. The molecular weight excluding hydrogens is 480 g/mol. The fraction of sp³-hybridized carbons (Fsp3) is 0.500. The first-order valence-corrected chi connectivity index (χ1v) is 12.0. The van der Waals surface area contributed by atoms with Crippen molar-refractivity contribution >= 4 is 41.1 Å². The summed E-state index contributed by atoms with van der Waals surface area (Å²) in [6.07, 6.45) is 1.41. The second kappa shape index (κ2) is 12.5. The molecule has 201 valence electrons. The number of aliphatic carboxylic acids is 1. The number of aromatic nitrogens is 1. The number of hydrogen-bond donors (Lipinski definition) is 4. The highest BCUT2D eigenvalue weighted by atomic mass is 16.6. The van der Waals surface area contributed by atoms with Crippen molar-refractivity contribution in [2.24, 2.45) is 11.7 Å². The monoisotopic (exact) mass is 515 g/mol. The zero-order valence-corrected chi connectivity index (χ0v) is 21.7. The van der Waals surface area contributed by atoms with Gasteiger partial charge in [0.2, 0.25) is 12.2 Å². The molecule has 11 nitrogen and oxygen atoms in total. The summed E-state index contributed by atoms with van der Waals surface area (Å²) in [7, 11) is 0. The molecule has 11 heteroatoms. The summed E-state index contributed by atoms with van der Waals surface area (Å²) in [4.78, 5) is 65.9. The first-order valence-electron chi connectivity index (χ1n) is 12.0. The quantitative estimate of drug-likeness (QED) is 0.353. The normalized spacial score (nSPS) is 14.0. The molecule has 2 aromatic rings. The number of amides is 3. The number of hydrogen-bond acceptors (Lipinski definition) is 7. The van der Waals surface area contributed by atoms with Crippen LogP contribution in [0.25, 0.3) is 10.9 Å². The van der Waals surface area contributed by atoms with Gasteiger partial charge in [-0.2, -0.15) is 0 Å². The highest BCUT2D eigenvalue weighted by Crippen LogP contribution is 2.20. The average molecular weight is 516 g/mol. The lowest BCUT2D eigenvalue weighted by atomic mass is 10.00. The second-order valence-electron chi connectivity index (χ2n) is 10.3. The Labute approximate surface area is 215 Å². The predicted molar refractivity (Wildman–Crippen MR) is 136 cm³/mol. The van der Waals surface area contributed by atoms with E-state index < -0.39 is 54.0 Å². The van der Waals surface area contributed by atoms with E-state index in [1.54, 1.807) is 40.8 Å². The third-order valence-corrected chi connectivity index (χ3v) is 5.42. The number of nitrogens with one attached hydrogen (secondary N) is 2. The van der Waals surface area contributed by atoms with Gasteiger partial charge in [-0.15, -0.1) is 0 Å². The van der Waals surface area contributed by atoms with Gasteiger partial charge in [-0.1, -0.05) is 32.0 Å². The number of fused-ring (bicyclic) bond motifs is 1. The van der Waals surface area contributed by atoms with Crippen LogP contribution in [0.5, 0.6) is 0 Å². The summed E-state index contributed by atoms with van der Waals surface area (Å²) >= 11 is 0. The third-order valence-electron chi connectivity index (χ3n) is 5.42. The van der Waals surface area contributed by atoms with Crippen LogP contribution in [0.2, 0.25) is 0 Å². The smallest absolute Gasteiger partial charge is 0.417 e. The molecule has 0 aliphatic heterocycles. The Balaban J connectivity index is 2.30. The summed E-state index contributed by atoms with van der Waals surface area (Å²) in [6, 6.07) is 3.50. The summed E-state index contributed by atoms with van der Waals surface area (Å²) in [5.74, 6) is -3.15. The Kier molecular flexibility index (Phi) is 9.96. The second-order valence-corrected chi connectivity index (χ2v) is 10.3. The molecular formula is C26H35N4O7. The number of nitrogens with zero attached hydrogens (tertiary/aromatic N) is 1. The molecule has 37 heavy (non-hydrogen) atoms. The number of rotatable bonds is 11. The van der Waals surface area contributed by atoms with Crippen molar-refractivity contribution < 1.29 is 33.8 Å². The number of carboxylic acids is 1. The predicted octanol–water partition coefficient (Wildman–Crippen LogP) is 2.29. The van der Waals surface area contributed by atoms with E-state index in [1.165, 1.54) is 6.29 Å². The van der Waals surface area contributed by atoms with Crippen LogP contribution >= 0.6 is 0 Å². The first kappa shape index (κ1) is 29.5. The van der Waals surface area contributed by atoms with Gasteiger partial charge in [0.1, 0.15) is 17.7 Å². The molecule has 1 aromatic carbocycles. The van der Waals surface area contributed by atoms with Crippen LogP contribution in [0.1, 0.15) is 53.0 Å². The van der Waals surface area contributed by atoms with E-state index in [0.29, 0.717) is 4.90 Å². The van der Waals surface area contributed by atoms with Crippen LogP contribution in [0, 0.1) is 5.92 Å². The lowest BCUT2D eigenvalue weighted by Gasteiger charge is -2.32. The van der Waals surface area contributed by atoms with Crippen molar-refractivity contribution in [1.82, 2.24) is 15.2 Å². The molecule has 0 bridgehead atoms. The average Bonchev–Trinajstić information content (AvgIpc) is 3.18. The highest BCUT2D eigenvalue weighted by Gasteiger charge is 2.39. The summed E-state index contributed by atoms with van der Waals surface area (Å²) < 4.78 is 5.26. The van der Waals surface area contributed by atoms with Gasteiger partial charge in [-0.05, 0) is 51.2 Å². The van der Waals surface area contributed by atoms with E-state index in [-0.39, 0.29) is 18.8 Å². The maximum absolute atomic E-state index is 13.5. The first-order chi connectivity index (χ1) is 17.2. The van der Waals surface area contributed by atoms with Gasteiger partial charge in [-0.25, -0.2) is 9.69 Å². The van der Waals surface area contributed by atoms with E-state index in [4.69, 9.17) is 10.5 Å². The molecule has 0 unspecified atom stereocenters. The fourth-order valence-corrected chi connectivity index (χ4v) is 3.80. The molecule has 0 aliphatic rings. The number of ether oxygens (including phenoxy) is 1. The minimum Gasteiger partial charge on any atom is -0.481 e. The molecule has 0 aliphatic carbocycles. The van der Waals surface area contributed by atoms with Crippen molar-refractivity contribution in [3.8, 4) is 0 Å². The van der Waals surface area contributed by atoms with Gasteiger partial charge in [0.05, 0.1) is 12.5 Å². The Morgan fingerprint density at radius 3 is 2.41 bits per heavy atom. The molecule has 0 spiro atoms. The number of carboxylic acid groups (broad SMARTS) is 1. The maximum Gasteiger partial charge on any atom is 0.417 e. The van der Waals surface area contributed by atoms with Crippen LogP contribution in [0.4, 0.5) is 4.79 Å². The maximum atomic E-state index is 13.5. The largest absolute Gasteiger partial charge is 0.481 e. The van der Waals surface area contributed by atoms with E-state index in [2.05, 4.69) is 10.3 Å². The topological polar surface area (TPSA) is 172 Å². The van der Waals surface area contributed by atoms with Crippen LogP contribution < -0.4 is 11.1 Å². The third kappa shape index (κ3) is 8.42. The van der Waals surface area contributed by atoms with Crippen LogP contribution in [-0.4, -0.2) is 68.9 Å². The minimum absolute atomic E-state index is 0.0995. The summed E-state index contributed by atoms with van der Waals surface area (Å²) in [5, 5.41) is 12.7.